The number of allylic oxidation sites excluding steroid dienone is 3. The van der Waals surface area contributed by atoms with Crippen molar-refractivity contribution in [2.75, 3.05) is 5.75 Å². The summed E-state index contributed by atoms with van der Waals surface area (Å²) in [5.41, 5.74) is 0. The quantitative estimate of drug-likeness (QED) is 0.0363. The van der Waals surface area contributed by atoms with E-state index in [1.165, 1.54) is 134 Å². The van der Waals surface area contributed by atoms with Gasteiger partial charge in [0.15, 0.2) is 0 Å². The van der Waals surface area contributed by atoms with Crippen LogP contribution in [0.1, 0.15) is 194 Å². The summed E-state index contributed by atoms with van der Waals surface area (Å²) in [4.78, 5) is 12.4. The first kappa shape index (κ1) is 43.8. The van der Waals surface area contributed by atoms with Crippen LogP contribution in [0.5, 0.6) is 0 Å². The molecule has 0 aromatic heterocycles. The minimum atomic E-state index is -4.34. The van der Waals surface area contributed by atoms with E-state index in [1.807, 2.05) is 0 Å². The molecule has 0 aliphatic heterocycles. The van der Waals surface area contributed by atoms with Crippen LogP contribution in [0.4, 0.5) is 0 Å². The van der Waals surface area contributed by atoms with Crippen molar-refractivity contribution in [3.63, 3.8) is 0 Å². The third kappa shape index (κ3) is 34.0. The van der Waals surface area contributed by atoms with E-state index >= 15 is 0 Å². The van der Waals surface area contributed by atoms with Crippen molar-refractivity contribution in [2.24, 2.45) is 0 Å². The number of hydrogen-bond donors (Lipinski definition) is 3. The molecule has 1 amide bonds. The Morgan fingerprint density at radius 1 is 0.578 bits per heavy atom. The molecule has 45 heavy (non-hydrogen) atoms. The molecule has 0 rings (SSSR count). The normalized spacial score (nSPS) is 13.6. The molecule has 7 heteroatoms. The molecule has 0 fully saturated rings. The fourth-order valence-corrected chi connectivity index (χ4v) is 6.48. The topological polar surface area (TPSA) is 104 Å². The molecule has 0 heterocycles. The number of rotatable bonds is 34. The lowest BCUT2D eigenvalue weighted by Gasteiger charge is -2.21. The molecule has 0 aromatic carbocycles. The van der Waals surface area contributed by atoms with Crippen molar-refractivity contribution in [2.45, 2.75) is 206 Å². The minimum Gasteiger partial charge on any atom is -0.387 e. The SMILES string of the molecule is CCCC/C=C/CC/C=C/C(O)C(CS(=O)(=O)O)NC(=O)CCCCCCCCCCCCCCCCCCCCCCCC. The van der Waals surface area contributed by atoms with Gasteiger partial charge in [-0.3, -0.25) is 9.35 Å². The van der Waals surface area contributed by atoms with E-state index in [9.17, 15) is 22.9 Å². The highest BCUT2D eigenvalue weighted by Crippen LogP contribution is 2.15. The van der Waals surface area contributed by atoms with Crippen LogP contribution in [0.15, 0.2) is 24.3 Å². The summed E-state index contributed by atoms with van der Waals surface area (Å²) in [7, 11) is -4.34. The van der Waals surface area contributed by atoms with Gasteiger partial charge in [-0.15, -0.1) is 0 Å². The largest absolute Gasteiger partial charge is 0.387 e. The fraction of sp³-hybridized carbons (Fsp3) is 0.868. The molecule has 2 atom stereocenters. The van der Waals surface area contributed by atoms with Gasteiger partial charge in [-0.2, -0.15) is 8.42 Å². The van der Waals surface area contributed by atoms with Gasteiger partial charge in [0, 0.05) is 6.42 Å². The maximum Gasteiger partial charge on any atom is 0.267 e. The first-order valence-corrected chi connectivity index (χ1v) is 20.6. The van der Waals surface area contributed by atoms with Gasteiger partial charge in [0.05, 0.1) is 17.9 Å². The Bertz CT molecular complexity index is 811. The van der Waals surface area contributed by atoms with Gasteiger partial charge in [0.2, 0.25) is 5.91 Å². The summed E-state index contributed by atoms with van der Waals surface area (Å²) in [6.45, 7) is 4.44. The highest BCUT2D eigenvalue weighted by molar-refractivity contribution is 7.85. The van der Waals surface area contributed by atoms with Crippen LogP contribution in [-0.4, -0.2) is 41.9 Å². The smallest absolute Gasteiger partial charge is 0.267 e. The van der Waals surface area contributed by atoms with Crippen molar-refractivity contribution >= 4 is 16.0 Å². The zero-order valence-corrected chi connectivity index (χ0v) is 30.3. The molecule has 0 bridgehead atoms. The number of aliphatic hydroxyl groups excluding tert-OH is 1. The van der Waals surface area contributed by atoms with E-state index in [1.54, 1.807) is 6.08 Å². The lowest BCUT2D eigenvalue weighted by atomic mass is 10.0. The van der Waals surface area contributed by atoms with Crippen molar-refractivity contribution in [3.8, 4) is 0 Å². The summed E-state index contributed by atoms with van der Waals surface area (Å²) in [6.07, 6.45) is 40.5. The van der Waals surface area contributed by atoms with Crippen LogP contribution in [0, 0.1) is 0 Å². The molecular weight excluding hydrogens is 582 g/mol. The van der Waals surface area contributed by atoms with Crippen LogP contribution >= 0.6 is 0 Å². The Kier molecular flexibility index (Phi) is 31.9. The third-order valence-corrected chi connectivity index (χ3v) is 9.41. The van der Waals surface area contributed by atoms with E-state index < -0.39 is 28.0 Å². The molecule has 0 aliphatic rings. The lowest BCUT2D eigenvalue weighted by molar-refractivity contribution is -0.122. The van der Waals surface area contributed by atoms with Crippen LogP contribution < -0.4 is 5.32 Å². The number of aliphatic hydroxyl groups is 1. The Morgan fingerprint density at radius 3 is 1.38 bits per heavy atom. The molecule has 0 saturated heterocycles. The van der Waals surface area contributed by atoms with E-state index in [0.29, 0.717) is 12.8 Å². The summed E-state index contributed by atoms with van der Waals surface area (Å²) < 4.78 is 32.2. The average molecular weight is 656 g/mol. The van der Waals surface area contributed by atoms with Crippen molar-refractivity contribution in [1.29, 1.82) is 0 Å². The van der Waals surface area contributed by atoms with Crippen LogP contribution in [0.25, 0.3) is 0 Å². The van der Waals surface area contributed by atoms with Crippen LogP contribution in [0.2, 0.25) is 0 Å². The van der Waals surface area contributed by atoms with Crippen LogP contribution in [-0.2, 0) is 14.9 Å². The number of carbonyl (C=O) groups excluding carboxylic acids is 1. The molecule has 0 spiro atoms. The van der Waals surface area contributed by atoms with Gasteiger partial charge in [0.25, 0.3) is 10.1 Å². The third-order valence-electron chi connectivity index (χ3n) is 8.63. The number of amides is 1. The van der Waals surface area contributed by atoms with Gasteiger partial charge in [-0.1, -0.05) is 186 Å². The van der Waals surface area contributed by atoms with E-state index in [0.717, 1.165) is 38.5 Å². The van der Waals surface area contributed by atoms with Gasteiger partial charge >= 0.3 is 0 Å². The maximum absolute atomic E-state index is 12.4. The van der Waals surface area contributed by atoms with Gasteiger partial charge in [-0.05, 0) is 25.7 Å². The Morgan fingerprint density at radius 2 is 0.956 bits per heavy atom. The Balaban J connectivity index is 3.76. The van der Waals surface area contributed by atoms with E-state index in [2.05, 4.69) is 31.3 Å². The zero-order chi connectivity index (χ0) is 33.3. The van der Waals surface area contributed by atoms with Gasteiger partial charge in [-0.25, -0.2) is 0 Å². The predicted molar refractivity (Wildman–Crippen MR) is 193 cm³/mol. The van der Waals surface area contributed by atoms with E-state index in [4.69, 9.17) is 0 Å². The summed E-state index contributed by atoms with van der Waals surface area (Å²) >= 11 is 0. The zero-order valence-electron chi connectivity index (χ0n) is 29.5. The fourth-order valence-electron chi connectivity index (χ4n) is 5.75. The Hall–Kier alpha value is -1.18. The highest BCUT2D eigenvalue weighted by Gasteiger charge is 2.24. The number of hydrogen-bond acceptors (Lipinski definition) is 4. The summed E-state index contributed by atoms with van der Waals surface area (Å²) in [5.74, 6) is -0.997. The molecule has 0 aliphatic carbocycles. The molecular formula is C38H73NO5S. The first-order valence-electron chi connectivity index (χ1n) is 19.0. The standard InChI is InChI=1S/C38H73NO5S/c1-3-5-7-9-11-13-14-15-16-17-18-19-20-21-22-23-24-25-26-28-30-32-34-38(41)39-36(35-45(42,43)44)37(40)33-31-29-27-12-10-8-6-4-2/h10,12,31,33,36-37,40H,3-9,11,13-30,32,34-35H2,1-2H3,(H,39,41)(H,42,43,44)/b12-10+,33-31+. The van der Waals surface area contributed by atoms with Crippen molar-refractivity contribution < 1.29 is 22.9 Å². The maximum atomic E-state index is 12.4. The van der Waals surface area contributed by atoms with E-state index in [-0.39, 0.29) is 5.91 Å². The average Bonchev–Trinajstić information content (AvgIpc) is 3.00. The molecule has 6 nitrogen and oxygen atoms in total. The second-order valence-electron chi connectivity index (χ2n) is 13.2. The lowest BCUT2D eigenvalue weighted by Crippen LogP contribution is -2.46. The summed E-state index contributed by atoms with van der Waals surface area (Å²) in [6, 6.07) is -1.07. The molecule has 266 valence electrons. The second-order valence-corrected chi connectivity index (χ2v) is 14.7. The van der Waals surface area contributed by atoms with Crippen molar-refractivity contribution in [3.05, 3.63) is 24.3 Å². The van der Waals surface area contributed by atoms with Crippen LogP contribution in [0.3, 0.4) is 0 Å². The molecule has 0 aromatic rings. The second kappa shape index (κ2) is 32.7. The molecule has 3 N–H and O–H groups in total. The molecule has 2 unspecified atom stereocenters. The minimum absolute atomic E-state index is 0.289. The number of carbonyl (C=O) groups is 1. The van der Waals surface area contributed by atoms with Gasteiger partial charge < -0.3 is 10.4 Å². The Labute approximate surface area is 279 Å². The monoisotopic (exact) mass is 656 g/mol. The van der Waals surface area contributed by atoms with Gasteiger partial charge in [0.1, 0.15) is 0 Å². The number of nitrogens with one attached hydrogen (secondary N) is 1. The molecule has 0 radical (unpaired) electrons. The number of unbranched alkanes of at least 4 members (excludes halogenated alkanes) is 24. The van der Waals surface area contributed by atoms with Crippen molar-refractivity contribution in [1.82, 2.24) is 5.32 Å². The predicted octanol–water partition coefficient (Wildman–Crippen LogP) is 10.8. The summed E-state index contributed by atoms with van der Waals surface area (Å²) in [5, 5.41) is 13.1. The highest BCUT2D eigenvalue weighted by atomic mass is 32.2. The molecule has 0 saturated carbocycles. The first-order chi connectivity index (χ1) is 21.8.